The third kappa shape index (κ3) is 2.80. The van der Waals surface area contributed by atoms with Gasteiger partial charge in [-0.05, 0) is 16.0 Å². The summed E-state index contributed by atoms with van der Waals surface area (Å²) in [5, 5.41) is 10.6. The summed E-state index contributed by atoms with van der Waals surface area (Å²) >= 11 is 0. The van der Waals surface area contributed by atoms with E-state index in [4.69, 9.17) is 4.74 Å². The summed E-state index contributed by atoms with van der Waals surface area (Å²) in [4.78, 5) is 29.8. The molecule has 0 N–H and O–H groups in total. The average Bonchev–Trinajstić information content (AvgIpc) is 2.94. The Balaban J connectivity index is 1.60. The van der Waals surface area contributed by atoms with Gasteiger partial charge in [-0.2, -0.15) is 0 Å². The van der Waals surface area contributed by atoms with E-state index in [9.17, 15) is 14.9 Å². The second-order valence-corrected chi connectivity index (χ2v) is 5.13. The fourth-order valence-electron chi connectivity index (χ4n) is 2.78. The van der Waals surface area contributed by atoms with Gasteiger partial charge in [-0.25, -0.2) is 0 Å². The minimum Gasteiger partial charge on any atom is -0.464 e. The molecule has 1 atom stereocenters. The number of carbonyl (C=O) groups is 1. The molecule has 2 fully saturated rings. The zero-order chi connectivity index (χ0) is 14.8. The number of esters is 1. The van der Waals surface area contributed by atoms with Gasteiger partial charge in [-0.3, -0.25) is 9.69 Å². The number of nitrogens with zero attached hydrogens (tertiary/aromatic N) is 4. The van der Waals surface area contributed by atoms with E-state index < -0.39 is 4.92 Å². The maximum absolute atomic E-state index is 11.6. The van der Waals surface area contributed by atoms with Crippen LogP contribution < -0.4 is 4.90 Å². The van der Waals surface area contributed by atoms with Gasteiger partial charge in [0.2, 0.25) is 0 Å². The van der Waals surface area contributed by atoms with Gasteiger partial charge < -0.3 is 19.8 Å². The fraction of sp³-hybridized carbons (Fsp3) is 0.538. The van der Waals surface area contributed by atoms with Gasteiger partial charge in [-0.1, -0.05) is 0 Å². The number of pyridine rings is 1. The van der Waals surface area contributed by atoms with Gasteiger partial charge >= 0.3 is 11.8 Å². The smallest absolute Gasteiger partial charge is 0.363 e. The quantitative estimate of drug-likeness (QED) is 0.453. The molecule has 2 saturated heterocycles. The van der Waals surface area contributed by atoms with Crippen LogP contribution in [0.25, 0.3) is 0 Å². The van der Waals surface area contributed by atoms with Crippen LogP contribution >= 0.6 is 0 Å². The van der Waals surface area contributed by atoms with Crippen LogP contribution in [0.15, 0.2) is 18.3 Å². The van der Waals surface area contributed by atoms with Gasteiger partial charge in [0.25, 0.3) is 0 Å². The molecule has 21 heavy (non-hydrogen) atoms. The zero-order valence-electron chi connectivity index (χ0n) is 11.5. The first kappa shape index (κ1) is 13.7. The Kier molecular flexibility index (Phi) is 3.70. The maximum Gasteiger partial charge on any atom is 0.363 e. The molecule has 0 bridgehead atoms. The Morgan fingerprint density at radius 3 is 2.57 bits per heavy atom. The van der Waals surface area contributed by atoms with Crippen LogP contribution in [0.4, 0.5) is 11.5 Å². The molecule has 8 nitrogen and oxygen atoms in total. The summed E-state index contributed by atoms with van der Waals surface area (Å²) in [6.07, 6.45) is 2.29. The SMILES string of the molecule is O=C1OCC[C@H]1N1CCN(c2ccc([N+](=O)[O-])nc2)CC1. The van der Waals surface area contributed by atoms with Crippen molar-refractivity contribution in [1.82, 2.24) is 9.88 Å². The van der Waals surface area contributed by atoms with Crippen molar-refractivity contribution < 1.29 is 14.5 Å². The molecule has 1 aromatic rings. The summed E-state index contributed by atoms with van der Waals surface area (Å²) in [6, 6.07) is 3.02. The molecule has 0 aliphatic carbocycles. The van der Waals surface area contributed by atoms with Crippen LogP contribution in [0.2, 0.25) is 0 Å². The molecule has 2 aliphatic heterocycles. The van der Waals surface area contributed by atoms with Crippen molar-refractivity contribution >= 4 is 17.5 Å². The van der Waals surface area contributed by atoms with Crippen molar-refractivity contribution in [2.45, 2.75) is 12.5 Å². The molecular weight excluding hydrogens is 276 g/mol. The van der Waals surface area contributed by atoms with Crippen molar-refractivity contribution in [2.24, 2.45) is 0 Å². The molecule has 0 saturated carbocycles. The number of ether oxygens (including phenoxy) is 1. The predicted molar refractivity (Wildman–Crippen MR) is 74.0 cm³/mol. The number of hydrogen-bond donors (Lipinski definition) is 0. The van der Waals surface area contributed by atoms with Gasteiger partial charge in [0.15, 0.2) is 6.20 Å². The highest BCUT2D eigenvalue weighted by Crippen LogP contribution is 2.21. The van der Waals surface area contributed by atoms with E-state index in [2.05, 4.69) is 14.8 Å². The number of aromatic nitrogens is 1. The Hall–Kier alpha value is -2.22. The lowest BCUT2D eigenvalue weighted by molar-refractivity contribution is -0.389. The van der Waals surface area contributed by atoms with Crippen LogP contribution in [0, 0.1) is 10.1 Å². The Morgan fingerprint density at radius 1 is 1.29 bits per heavy atom. The minimum atomic E-state index is -0.507. The number of anilines is 1. The number of hydrogen-bond acceptors (Lipinski definition) is 7. The third-order valence-electron chi connectivity index (χ3n) is 3.95. The summed E-state index contributed by atoms with van der Waals surface area (Å²) < 4.78 is 5.00. The summed E-state index contributed by atoms with van der Waals surface area (Å²) in [5.41, 5.74) is 0.870. The lowest BCUT2D eigenvalue weighted by atomic mass is 10.1. The molecule has 1 aromatic heterocycles. The Morgan fingerprint density at radius 2 is 2.05 bits per heavy atom. The summed E-state index contributed by atoms with van der Waals surface area (Å²) in [5.74, 6) is -0.272. The summed E-state index contributed by atoms with van der Waals surface area (Å²) in [7, 11) is 0. The molecule has 3 heterocycles. The number of nitro groups is 1. The number of cyclic esters (lactones) is 1. The van der Waals surface area contributed by atoms with Gasteiger partial charge in [-0.15, -0.1) is 0 Å². The van der Waals surface area contributed by atoms with Crippen molar-refractivity contribution in [2.75, 3.05) is 37.7 Å². The zero-order valence-corrected chi connectivity index (χ0v) is 11.5. The highest BCUT2D eigenvalue weighted by molar-refractivity contribution is 5.77. The van der Waals surface area contributed by atoms with Gasteiger partial charge in [0.05, 0.1) is 12.3 Å². The normalized spacial score (nSPS) is 23.1. The molecular formula is C13H16N4O4. The molecule has 2 aliphatic rings. The van der Waals surface area contributed by atoms with Crippen LogP contribution in [0.1, 0.15) is 6.42 Å². The number of carbonyl (C=O) groups excluding carboxylic acids is 1. The van der Waals surface area contributed by atoms with E-state index in [1.807, 2.05) is 0 Å². The minimum absolute atomic E-state index is 0.109. The second kappa shape index (κ2) is 5.65. The maximum atomic E-state index is 11.6. The van der Waals surface area contributed by atoms with Crippen molar-refractivity contribution in [3.05, 3.63) is 28.4 Å². The van der Waals surface area contributed by atoms with Crippen molar-refractivity contribution in [1.29, 1.82) is 0 Å². The Bertz CT molecular complexity index is 540. The van der Waals surface area contributed by atoms with E-state index >= 15 is 0 Å². The van der Waals surface area contributed by atoms with Gasteiger partial charge in [0, 0.05) is 38.7 Å². The lowest BCUT2D eigenvalue weighted by Gasteiger charge is -2.37. The summed E-state index contributed by atoms with van der Waals surface area (Å²) in [6.45, 7) is 3.59. The monoisotopic (exact) mass is 292 g/mol. The van der Waals surface area contributed by atoms with E-state index in [1.165, 1.54) is 12.3 Å². The van der Waals surface area contributed by atoms with E-state index in [-0.39, 0.29) is 17.8 Å². The molecule has 3 rings (SSSR count). The first-order valence-electron chi connectivity index (χ1n) is 6.91. The second-order valence-electron chi connectivity index (χ2n) is 5.13. The first-order chi connectivity index (χ1) is 10.1. The fourth-order valence-corrected chi connectivity index (χ4v) is 2.78. The Labute approximate surface area is 121 Å². The number of piperazine rings is 1. The highest BCUT2D eigenvalue weighted by atomic mass is 16.6. The van der Waals surface area contributed by atoms with Crippen LogP contribution in [0.3, 0.4) is 0 Å². The molecule has 0 unspecified atom stereocenters. The largest absolute Gasteiger partial charge is 0.464 e. The molecule has 0 radical (unpaired) electrons. The molecule has 0 spiro atoms. The number of rotatable bonds is 3. The topological polar surface area (TPSA) is 88.8 Å². The average molecular weight is 292 g/mol. The third-order valence-corrected chi connectivity index (χ3v) is 3.95. The molecule has 112 valence electrons. The van der Waals surface area contributed by atoms with E-state index in [0.29, 0.717) is 6.61 Å². The van der Waals surface area contributed by atoms with Crippen LogP contribution in [-0.4, -0.2) is 59.6 Å². The lowest BCUT2D eigenvalue weighted by Crippen LogP contribution is -2.51. The predicted octanol–water partition coefficient (Wildman–Crippen LogP) is 0.427. The molecule has 0 aromatic carbocycles. The standard InChI is InChI=1S/C13H16N4O4/c18-13-11(3-8-21-13)16-6-4-15(5-7-16)10-1-2-12(14-9-10)17(19)20/h1-2,9,11H,3-8H2/t11-/m1/s1. The first-order valence-corrected chi connectivity index (χ1v) is 6.91. The van der Waals surface area contributed by atoms with E-state index in [1.54, 1.807) is 6.07 Å². The molecule has 0 amide bonds. The van der Waals surface area contributed by atoms with E-state index in [0.717, 1.165) is 38.3 Å². The van der Waals surface area contributed by atoms with Crippen molar-refractivity contribution in [3.8, 4) is 0 Å². The van der Waals surface area contributed by atoms with Crippen LogP contribution in [-0.2, 0) is 9.53 Å². The molecule has 8 heteroatoms. The highest BCUT2D eigenvalue weighted by Gasteiger charge is 2.34. The van der Waals surface area contributed by atoms with Gasteiger partial charge in [0.1, 0.15) is 6.04 Å². The van der Waals surface area contributed by atoms with Crippen molar-refractivity contribution in [3.63, 3.8) is 0 Å². The van der Waals surface area contributed by atoms with Crippen LogP contribution in [0.5, 0.6) is 0 Å².